The van der Waals surface area contributed by atoms with Crippen molar-refractivity contribution in [1.82, 2.24) is 19.1 Å². The normalized spacial score (nSPS) is 14.0. The van der Waals surface area contributed by atoms with Gasteiger partial charge in [0.1, 0.15) is 51.0 Å². The molecule has 0 amide bonds. The zero-order valence-electron chi connectivity index (χ0n) is 13.4. The second-order valence-corrected chi connectivity index (χ2v) is 6.53. The Hall–Kier alpha value is -3.02. The monoisotopic (exact) mass is 320 g/mol. The van der Waals surface area contributed by atoms with Gasteiger partial charge >= 0.3 is 0 Å². The summed E-state index contributed by atoms with van der Waals surface area (Å²) in [4.78, 5) is 7.05. The number of aromatic amines is 2. The molecule has 4 aromatic heterocycles. The number of imidazole rings is 2. The van der Waals surface area contributed by atoms with Crippen LogP contribution in [0.15, 0.2) is 61.7 Å². The van der Waals surface area contributed by atoms with Crippen LogP contribution in [0.5, 0.6) is 0 Å². The molecule has 120 valence electrons. The van der Waals surface area contributed by atoms with Gasteiger partial charge in [-0.3, -0.25) is 0 Å². The minimum atomic E-state index is 0.856. The highest BCUT2D eigenvalue weighted by atomic mass is 15.1. The summed E-state index contributed by atoms with van der Waals surface area (Å²) in [6.45, 7) is 3.42. The number of nitrogens with zero attached hydrogens (tertiary/aromatic N) is 4. The van der Waals surface area contributed by atoms with Crippen LogP contribution in [0.25, 0.3) is 0 Å². The van der Waals surface area contributed by atoms with Crippen LogP contribution in [-0.2, 0) is 26.2 Å². The average Bonchev–Trinajstić information content (AvgIpc) is 3.32. The second kappa shape index (κ2) is 5.26. The van der Waals surface area contributed by atoms with E-state index in [0.29, 0.717) is 0 Å². The van der Waals surface area contributed by atoms with E-state index in [1.165, 1.54) is 22.8 Å². The van der Waals surface area contributed by atoms with Crippen molar-refractivity contribution < 1.29 is 9.13 Å². The second-order valence-electron chi connectivity index (χ2n) is 6.53. The molecule has 5 heterocycles. The van der Waals surface area contributed by atoms with E-state index in [-0.39, 0.29) is 0 Å². The molecule has 0 spiro atoms. The Balaban J connectivity index is 1.54. The Bertz CT molecular complexity index is 756. The summed E-state index contributed by atoms with van der Waals surface area (Å²) in [7, 11) is 0. The minimum absolute atomic E-state index is 0.856. The fourth-order valence-corrected chi connectivity index (χ4v) is 3.39. The molecule has 0 aliphatic carbocycles. The molecular formula is C18H20N6+2. The predicted molar refractivity (Wildman–Crippen MR) is 87.2 cm³/mol. The lowest BCUT2D eigenvalue weighted by molar-refractivity contribution is -0.689. The van der Waals surface area contributed by atoms with Gasteiger partial charge in [-0.25, -0.2) is 18.3 Å². The quantitative estimate of drug-likeness (QED) is 0.401. The molecule has 24 heavy (non-hydrogen) atoms. The maximum atomic E-state index is 3.53. The Kier molecular flexibility index (Phi) is 2.94. The lowest BCUT2D eigenvalue weighted by atomic mass is 10.4. The van der Waals surface area contributed by atoms with Gasteiger partial charge in [0.05, 0.1) is 22.8 Å². The van der Waals surface area contributed by atoms with Crippen molar-refractivity contribution in [1.29, 1.82) is 0 Å². The lowest BCUT2D eigenvalue weighted by Crippen LogP contribution is -2.33. The van der Waals surface area contributed by atoms with E-state index < -0.39 is 0 Å². The summed E-state index contributed by atoms with van der Waals surface area (Å²) in [5.41, 5.74) is 4.90. The van der Waals surface area contributed by atoms with Crippen LogP contribution >= 0.6 is 0 Å². The van der Waals surface area contributed by atoms with Crippen LogP contribution in [0, 0.1) is 0 Å². The number of hydrogen-bond donors (Lipinski definition) is 2. The van der Waals surface area contributed by atoms with Crippen LogP contribution < -0.4 is 9.13 Å². The van der Waals surface area contributed by atoms with Crippen molar-refractivity contribution in [2.45, 2.75) is 26.2 Å². The van der Waals surface area contributed by atoms with Crippen molar-refractivity contribution in [3.05, 3.63) is 84.5 Å². The van der Waals surface area contributed by atoms with Crippen molar-refractivity contribution in [2.75, 3.05) is 0 Å². The molecule has 1 aliphatic heterocycles. The van der Waals surface area contributed by atoms with Crippen LogP contribution in [-0.4, -0.2) is 19.1 Å². The van der Waals surface area contributed by atoms with Crippen molar-refractivity contribution in [3.63, 3.8) is 0 Å². The molecule has 2 N–H and O–H groups in total. The first-order valence-corrected chi connectivity index (χ1v) is 8.23. The third-order valence-electron chi connectivity index (χ3n) is 4.52. The summed E-state index contributed by atoms with van der Waals surface area (Å²) in [5.74, 6) is 0. The van der Waals surface area contributed by atoms with Crippen molar-refractivity contribution >= 4 is 0 Å². The fourth-order valence-electron chi connectivity index (χ4n) is 3.39. The Labute approximate surface area is 139 Å². The van der Waals surface area contributed by atoms with Crippen LogP contribution in [0.1, 0.15) is 22.8 Å². The third kappa shape index (κ3) is 2.56. The highest BCUT2D eigenvalue weighted by Gasteiger charge is 2.12. The van der Waals surface area contributed by atoms with Gasteiger partial charge in [-0.1, -0.05) is 0 Å². The maximum Gasteiger partial charge on any atom is 0.244 e. The van der Waals surface area contributed by atoms with Gasteiger partial charge in [0.25, 0.3) is 0 Å². The Morgan fingerprint density at radius 3 is 1.67 bits per heavy atom. The van der Waals surface area contributed by atoms with Crippen LogP contribution in [0.4, 0.5) is 0 Å². The molecule has 0 radical (unpaired) electrons. The number of hydrogen-bond acceptors (Lipinski definition) is 0. The fraction of sp³-hybridized carbons (Fsp3) is 0.222. The highest BCUT2D eigenvalue weighted by Crippen LogP contribution is 2.07. The molecule has 0 atom stereocenters. The molecule has 6 heteroatoms. The number of aromatic nitrogens is 6. The van der Waals surface area contributed by atoms with Gasteiger partial charge in [-0.15, -0.1) is 0 Å². The van der Waals surface area contributed by atoms with E-state index in [1.807, 2.05) is 0 Å². The molecule has 6 nitrogen and oxygen atoms in total. The molecule has 5 rings (SSSR count). The van der Waals surface area contributed by atoms with E-state index in [0.717, 1.165) is 26.2 Å². The van der Waals surface area contributed by atoms with Crippen LogP contribution in [0.2, 0.25) is 0 Å². The Morgan fingerprint density at radius 1 is 0.667 bits per heavy atom. The number of rotatable bonds is 0. The largest absolute Gasteiger partial charge is 0.356 e. The molecule has 4 aromatic rings. The number of fused-ring (bicyclic) bond motifs is 8. The number of nitrogens with one attached hydrogen (secondary N) is 2. The van der Waals surface area contributed by atoms with Crippen LogP contribution in [0.3, 0.4) is 0 Å². The summed E-state index contributed by atoms with van der Waals surface area (Å²) >= 11 is 0. The van der Waals surface area contributed by atoms with E-state index in [1.54, 1.807) is 0 Å². The zero-order valence-corrected chi connectivity index (χ0v) is 13.4. The topological polar surface area (TPSA) is 49.2 Å². The van der Waals surface area contributed by atoms with Crippen molar-refractivity contribution in [3.8, 4) is 0 Å². The lowest BCUT2D eigenvalue weighted by Gasteiger charge is -1.98. The van der Waals surface area contributed by atoms with Gasteiger partial charge in [0.15, 0.2) is 0 Å². The average molecular weight is 320 g/mol. The van der Waals surface area contributed by atoms with Gasteiger partial charge in [-0.05, 0) is 24.3 Å². The SMILES string of the molecule is c1cc2[nH]c1Cn1cc[n+](c1)Cc1ccc([nH]1)C[n+]1ccn(c1)C2. The summed E-state index contributed by atoms with van der Waals surface area (Å²) in [5, 5.41) is 0. The first kappa shape index (κ1) is 13.4. The van der Waals surface area contributed by atoms with E-state index in [2.05, 4.69) is 89.9 Å². The van der Waals surface area contributed by atoms with E-state index in [4.69, 9.17) is 0 Å². The molecule has 0 aromatic carbocycles. The molecule has 0 unspecified atom stereocenters. The summed E-state index contributed by atoms with van der Waals surface area (Å²) in [6, 6.07) is 8.69. The molecule has 1 aliphatic rings. The maximum absolute atomic E-state index is 3.53. The molecular weight excluding hydrogens is 300 g/mol. The molecule has 8 bridgehead atoms. The Morgan fingerprint density at radius 2 is 1.12 bits per heavy atom. The van der Waals surface area contributed by atoms with E-state index >= 15 is 0 Å². The molecule has 0 saturated heterocycles. The predicted octanol–water partition coefficient (Wildman–Crippen LogP) is 1.03. The first-order chi connectivity index (χ1) is 11.8. The molecule has 0 fully saturated rings. The van der Waals surface area contributed by atoms with Gasteiger partial charge in [0.2, 0.25) is 12.7 Å². The zero-order chi connectivity index (χ0) is 15.9. The highest BCUT2D eigenvalue weighted by molar-refractivity contribution is 5.14. The summed E-state index contributed by atoms with van der Waals surface area (Å²) < 4.78 is 8.81. The summed E-state index contributed by atoms with van der Waals surface area (Å²) in [6.07, 6.45) is 12.8. The minimum Gasteiger partial charge on any atom is -0.356 e. The third-order valence-corrected chi connectivity index (χ3v) is 4.52. The van der Waals surface area contributed by atoms with Gasteiger partial charge < -0.3 is 9.97 Å². The smallest absolute Gasteiger partial charge is 0.244 e. The van der Waals surface area contributed by atoms with Gasteiger partial charge in [0, 0.05) is 0 Å². The number of H-pyrrole nitrogens is 2. The standard InChI is InChI=1S/C18H20N6/c1-2-16-10-22-7-8-24(14-22)12-18-4-3-17(20-18)11-23-6-5-21(13-23)9-15(1)19-16/h1-8,13-14,19-20H,9-12H2/q+2. The van der Waals surface area contributed by atoms with Crippen molar-refractivity contribution in [2.24, 2.45) is 0 Å². The molecule has 0 saturated carbocycles. The van der Waals surface area contributed by atoms with E-state index in [9.17, 15) is 0 Å². The van der Waals surface area contributed by atoms with Gasteiger partial charge in [-0.2, -0.15) is 0 Å². The first-order valence-electron chi connectivity index (χ1n) is 8.23.